The Labute approximate surface area is 209 Å². The summed E-state index contributed by atoms with van der Waals surface area (Å²) in [5.41, 5.74) is 2.11. The molecule has 0 radical (unpaired) electrons. The minimum atomic E-state index is -1.04. The largest absolute Gasteiger partial charge is 0.507 e. The number of nitro benzene ring substituents is 1. The van der Waals surface area contributed by atoms with Gasteiger partial charge in [-0.15, -0.1) is 0 Å². The van der Waals surface area contributed by atoms with Crippen LogP contribution in [0.15, 0.2) is 72.3 Å². The van der Waals surface area contributed by atoms with Gasteiger partial charge >= 0.3 is 5.91 Å². The van der Waals surface area contributed by atoms with E-state index in [4.69, 9.17) is 4.74 Å². The van der Waals surface area contributed by atoms with Gasteiger partial charge in [-0.3, -0.25) is 24.6 Å². The molecule has 1 aliphatic rings. The second-order valence-corrected chi connectivity index (χ2v) is 9.23. The second-order valence-electron chi connectivity index (χ2n) is 8.22. The number of thiazole rings is 1. The number of Topliss-reactive ketones (excluding diaryl/α,β-unsaturated/α-hetero) is 1. The third kappa shape index (κ3) is 3.87. The summed E-state index contributed by atoms with van der Waals surface area (Å²) in [6, 6.07) is 16.6. The summed E-state index contributed by atoms with van der Waals surface area (Å²) >= 11 is 1.25. The van der Waals surface area contributed by atoms with Gasteiger partial charge in [0.05, 0.1) is 33.9 Å². The summed E-state index contributed by atoms with van der Waals surface area (Å²) in [6.45, 7) is 1.94. The van der Waals surface area contributed by atoms with Crippen LogP contribution in [0.3, 0.4) is 0 Å². The van der Waals surface area contributed by atoms with E-state index in [-0.39, 0.29) is 22.2 Å². The third-order valence-electron chi connectivity index (χ3n) is 5.95. The molecule has 1 N–H and O–H groups in total. The average Bonchev–Trinajstić information content (AvgIpc) is 3.41. The predicted octanol–water partition coefficient (Wildman–Crippen LogP) is 5.15. The fourth-order valence-corrected chi connectivity index (χ4v) is 5.26. The molecule has 1 aromatic heterocycles. The van der Waals surface area contributed by atoms with E-state index < -0.39 is 22.7 Å². The number of hydrogen-bond donors (Lipinski definition) is 1. The maximum absolute atomic E-state index is 13.3. The second kappa shape index (κ2) is 8.90. The van der Waals surface area contributed by atoms with Crippen LogP contribution in [0.1, 0.15) is 22.7 Å². The Balaban J connectivity index is 1.72. The monoisotopic (exact) mass is 501 g/mol. The SMILES string of the molecule is COc1cccc(C(O)=C2C(=O)C(=O)N(c3nc4ccc(C)cc4s3)[C@H]2c2ccc([N+](=O)[O-])cc2)c1. The minimum absolute atomic E-state index is 0.140. The number of non-ortho nitro benzene ring substituents is 1. The van der Waals surface area contributed by atoms with E-state index in [2.05, 4.69) is 4.98 Å². The molecule has 9 nitrogen and oxygen atoms in total. The number of carbonyl (C=O) groups is 2. The quantitative estimate of drug-likeness (QED) is 0.132. The first-order valence-electron chi connectivity index (χ1n) is 10.9. The Morgan fingerprint density at radius 1 is 1.11 bits per heavy atom. The minimum Gasteiger partial charge on any atom is -0.507 e. The number of anilines is 1. The highest BCUT2D eigenvalue weighted by molar-refractivity contribution is 7.22. The van der Waals surface area contributed by atoms with E-state index in [1.165, 1.54) is 47.6 Å². The summed E-state index contributed by atoms with van der Waals surface area (Å²) in [4.78, 5) is 43.1. The van der Waals surface area contributed by atoms with Crippen molar-refractivity contribution in [3.8, 4) is 5.75 Å². The summed E-state index contributed by atoms with van der Waals surface area (Å²) < 4.78 is 6.06. The Morgan fingerprint density at radius 3 is 2.56 bits per heavy atom. The van der Waals surface area contributed by atoms with Gasteiger partial charge in [0.25, 0.3) is 11.5 Å². The van der Waals surface area contributed by atoms with Gasteiger partial charge in [0.15, 0.2) is 5.13 Å². The summed E-state index contributed by atoms with van der Waals surface area (Å²) in [5.74, 6) is -1.65. The molecule has 1 atom stereocenters. The standard InChI is InChI=1S/C26H19N3O6S/c1-14-6-11-19-20(12-14)36-26(27-19)28-22(15-7-9-17(10-8-15)29(33)34)21(24(31)25(28)32)23(30)16-4-3-5-18(13-16)35-2/h3-13,22,30H,1-2H3/t22-/m0/s1. The van der Waals surface area contributed by atoms with E-state index in [1.54, 1.807) is 24.3 Å². The zero-order chi connectivity index (χ0) is 25.6. The fourth-order valence-electron chi connectivity index (χ4n) is 4.17. The van der Waals surface area contributed by atoms with Crippen molar-refractivity contribution in [2.75, 3.05) is 12.0 Å². The summed E-state index contributed by atoms with van der Waals surface area (Å²) in [6.07, 6.45) is 0. The van der Waals surface area contributed by atoms with Crippen LogP contribution in [0.4, 0.5) is 10.8 Å². The molecule has 1 fully saturated rings. The number of ether oxygens (including phenoxy) is 1. The number of nitro groups is 1. The molecule has 1 aliphatic heterocycles. The number of benzene rings is 3. The van der Waals surface area contributed by atoms with E-state index in [0.29, 0.717) is 22.4 Å². The normalized spacial score (nSPS) is 17.1. The molecule has 0 aliphatic carbocycles. The van der Waals surface area contributed by atoms with E-state index in [0.717, 1.165) is 10.3 Å². The van der Waals surface area contributed by atoms with Crippen LogP contribution in [0.25, 0.3) is 16.0 Å². The van der Waals surface area contributed by atoms with Crippen LogP contribution in [-0.2, 0) is 9.59 Å². The van der Waals surface area contributed by atoms with Crippen LogP contribution in [0.5, 0.6) is 5.75 Å². The third-order valence-corrected chi connectivity index (χ3v) is 6.96. The van der Waals surface area contributed by atoms with Gasteiger partial charge in [-0.1, -0.05) is 29.5 Å². The molecule has 36 heavy (non-hydrogen) atoms. The van der Waals surface area contributed by atoms with Crippen LogP contribution in [0.2, 0.25) is 0 Å². The first kappa shape index (κ1) is 23.2. The van der Waals surface area contributed by atoms with Crippen molar-refractivity contribution in [3.63, 3.8) is 0 Å². The molecule has 0 unspecified atom stereocenters. The lowest BCUT2D eigenvalue weighted by atomic mass is 9.95. The van der Waals surface area contributed by atoms with Gasteiger partial charge in [-0.25, -0.2) is 4.98 Å². The number of amides is 1. The number of fused-ring (bicyclic) bond motifs is 1. The average molecular weight is 502 g/mol. The smallest absolute Gasteiger partial charge is 0.301 e. The first-order chi connectivity index (χ1) is 17.3. The number of ketones is 1. The lowest BCUT2D eigenvalue weighted by Crippen LogP contribution is -2.29. The number of aliphatic hydroxyl groups excluding tert-OH is 1. The Hall–Kier alpha value is -4.57. The number of rotatable bonds is 5. The molecule has 0 bridgehead atoms. The molecular formula is C26H19N3O6S. The van der Waals surface area contributed by atoms with Crippen molar-refractivity contribution >= 4 is 49.8 Å². The number of methoxy groups -OCH3 is 1. The molecule has 0 spiro atoms. The number of aliphatic hydroxyl groups is 1. The zero-order valence-corrected chi connectivity index (χ0v) is 20.0. The highest BCUT2D eigenvalue weighted by atomic mass is 32.1. The zero-order valence-electron chi connectivity index (χ0n) is 19.2. The van der Waals surface area contributed by atoms with E-state index in [1.807, 2.05) is 25.1 Å². The van der Waals surface area contributed by atoms with Crippen LogP contribution in [0, 0.1) is 17.0 Å². The van der Waals surface area contributed by atoms with Crippen LogP contribution in [-0.4, -0.2) is 33.8 Å². The molecule has 3 aromatic carbocycles. The molecule has 0 saturated carbocycles. The van der Waals surface area contributed by atoms with E-state index >= 15 is 0 Å². The van der Waals surface area contributed by atoms with Gasteiger partial charge in [-0.05, 0) is 54.4 Å². The van der Waals surface area contributed by atoms with Crippen molar-refractivity contribution in [1.82, 2.24) is 4.98 Å². The van der Waals surface area contributed by atoms with Crippen molar-refractivity contribution < 1.29 is 24.4 Å². The van der Waals surface area contributed by atoms with Gasteiger partial charge in [0.2, 0.25) is 0 Å². The molecule has 4 aromatic rings. The number of nitrogens with zero attached hydrogens (tertiary/aromatic N) is 3. The Morgan fingerprint density at radius 2 is 1.86 bits per heavy atom. The molecular weight excluding hydrogens is 482 g/mol. The number of aryl methyl sites for hydroxylation is 1. The van der Waals surface area contributed by atoms with Crippen molar-refractivity contribution in [2.24, 2.45) is 0 Å². The van der Waals surface area contributed by atoms with Crippen molar-refractivity contribution in [1.29, 1.82) is 0 Å². The van der Waals surface area contributed by atoms with Crippen LogP contribution >= 0.6 is 11.3 Å². The molecule has 1 saturated heterocycles. The van der Waals surface area contributed by atoms with Gasteiger partial charge in [-0.2, -0.15) is 0 Å². The molecule has 2 heterocycles. The fraction of sp³-hybridized carbons (Fsp3) is 0.115. The molecule has 180 valence electrons. The summed E-state index contributed by atoms with van der Waals surface area (Å²) in [5, 5.41) is 22.7. The van der Waals surface area contributed by atoms with E-state index in [9.17, 15) is 24.8 Å². The lowest BCUT2D eigenvalue weighted by molar-refractivity contribution is -0.384. The summed E-state index contributed by atoms with van der Waals surface area (Å²) in [7, 11) is 1.48. The highest BCUT2D eigenvalue weighted by Gasteiger charge is 2.48. The molecule has 5 rings (SSSR count). The van der Waals surface area contributed by atoms with Gasteiger partial charge in [0, 0.05) is 17.7 Å². The Bertz CT molecular complexity index is 1570. The number of aromatic nitrogens is 1. The number of hydrogen-bond acceptors (Lipinski definition) is 8. The lowest BCUT2D eigenvalue weighted by Gasteiger charge is -2.22. The topological polar surface area (TPSA) is 123 Å². The Kier molecular flexibility index (Phi) is 5.73. The predicted molar refractivity (Wildman–Crippen MR) is 135 cm³/mol. The van der Waals surface area contributed by atoms with Crippen molar-refractivity contribution in [3.05, 3.63) is 99.1 Å². The van der Waals surface area contributed by atoms with Gasteiger partial charge in [0.1, 0.15) is 11.5 Å². The maximum Gasteiger partial charge on any atom is 0.301 e. The molecule has 10 heteroatoms. The highest BCUT2D eigenvalue weighted by Crippen LogP contribution is 2.44. The van der Waals surface area contributed by atoms with Crippen LogP contribution < -0.4 is 9.64 Å². The van der Waals surface area contributed by atoms with Crippen molar-refractivity contribution in [2.45, 2.75) is 13.0 Å². The maximum atomic E-state index is 13.3. The molecule has 1 amide bonds. The first-order valence-corrected chi connectivity index (χ1v) is 11.7. The number of carbonyl (C=O) groups excluding carboxylic acids is 2. The van der Waals surface area contributed by atoms with Gasteiger partial charge < -0.3 is 9.84 Å².